The number of nitrogens with two attached hydrogens (primary N) is 1. The molecule has 2 rings (SSSR count). The predicted molar refractivity (Wildman–Crippen MR) is 65.7 cm³/mol. The highest BCUT2D eigenvalue weighted by Crippen LogP contribution is 2.25. The SMILES string of the molecule is NCc1cnn(Cc2cccc(Cl)c2Cl)c1. The van der Waals surface area contributed by atoms with Crippen LogP contribution in [0.25, 0.3) is 0 Å². The summed E-state index contributed by atoms with van der Waals surface area (Å²) in [5.41, 5.74) is 7.45. The molecule has 0 fully saturated rings. The second-order valence-electron chi connectivity index (χ2n) is 3.46. The van der Waals surface area contributed by atoms with Gasteiger partial charge in [-0.15, -0.1) is 0 Å². The van der Waals surface area contributed by atoms with Crippen molar-refractivity contribution in [1.82, 2.24) is 9.78 Å². The molecule has 1 heterocycles. The van der Waals surface area contributed by atoms with Gasteiger partial charge in [0.2, 0.25) is 0 Å². The second kappa shape index (κ2) is 4.87. The van der Waals surface area contributed by atoms with Crippen LogP contribution in [0.2, 0.25) is 10.0 Å². The van der Waals surface area contributed by atoms with E-state index in [1.165, 1.54) is 0 Å². The Balaban J connectivity index is 2.23. The van der Waals surface area contributed by atoms with Crippen LogP contribution in [0.1, 0.15) is 11.1 Å². The van der Waals surface area contributed by atoms with Gasteiger partial charge >= 0.3 is 0 Å². The fourth-order valence-electron chi connectivity index (χ4n) is 1.44. The Hall–Kier alpha value is -1.03. The summed E-state index contributed by atoms with van der Waals surface area (Å²) in [6, 6.07) is 5.57. The summed E-state index contributed by atoms with van der Waals surface area (Å²) in [6.07, 6.45) is 3.65. The van der Waals surface area contributed by atoms with E-state index >= 15 is 0 Å². The minimum Gasteiger partial charge on any atom is -0.326 e. The molecule has 1 aromatic heterocycles. The van der Waals surface area contributed by atoms with Gasteiger partial charge in [-0.25, -0.2) is 0 Å². The maximum absolute atomic E-state index is 6.09. The second-order valence-corrected chi connectivity index (χ2v) is 4.25. The van der Waals surface area contributed by atoms with Crippen molar-refractivity contribution in [1.29, 1.82) is 0 Å². The topological polar surface area (TPSA) is 43.8 Å². The molecule has 84 valence electrons. The highest BCUT2D eigenvalue weighted by molar-refractivity contribution is 6.42. The van der Waals surface area contributed by atoms with Crippen molar-refractivity contribution in [3.63, 3.8) is 0 Å². The van der Waals surface area contributed by atoms with Gasteiger partial charge in [-0.3, -0.25) is 4.68 Å². The van der Waals surface area contributed by atoms with Crippen molar-refractivity contribution in [2.24, 2.45) is 5.73 Å². The normalized spacial score (nSPS) is 10.7. The highest BCUT2D eigenvalue weighted by atomic mass is 35.5. The quantitative estimate of drug-likeness (QED) is 0.917. The van der Waals surface area contributed by atoms with Gasteiger partial charge in [-0.2, -0.15) is 5.10 Å². The molecule has 0 unspecified atom stereocenters. The minimum absolute atomic E-state index is 0.489. The molecule has 0 aliphatic rings. The maximum Gasteiger partial charge on any atom is 0.0674 e. The van der Waals surface area contributed by atoms with Gasteiger partial charge in [-0.05, 0) is 11.6 Å². The zero-order valence-corrected chi connectivity index (χ0v) is 10.0. The van der Waals surface area contributed by atoms with Crippen molar-refractivity contribution >= 4 is 23.2 Å². The molecule has 0 amide bonds. The first-order valence-corrected chi connectivity index (χ1v) is 5.60. The number of hydrogen-bond acceptors (Lipinski definition) is 2. The van der Waals surface area contributed by atoms with Crippen LogP contribution in [0.4, 0.5) is 0 Å². The summed E-state index contributed by atoms with van der Waals surface area (Å²) in [5, 5.41) is 5.33. The lowest BCUT2D eigenvalue weighted by Crippen LogP contribution is -2.01. The zero-order chi connectivity index (χ0) is 11.5. The third kappa shape index (κ3) is 2.38. The molecule has 16 heavy (non-hydrogen) atoms. The van der Waals surface area contributed by atoms with Gasteiger partial charge < -0.3 is 5.73 Å². The average Bonchev–Trinajstić information content (AvgIpc) is 2.73. The monoisotopic (exact) mass is 255 g/mol. The van der Waals surface area contributed by atoms with Crippen molar-refractivity contribution in [3.8, 4) is 0 Å². The van der Waals surface area contributed by atoms with Crippen molar-refractivity contribution in [3.05, 3.63) is 51.8 Å². The largest absolute Gasteiger partial charge is 0.326 e. The Bertz CT molecular complexity index is 494. The summed E-state index contributed by atoms with van der Waals surface area (Å²) in [6.45, 7) is 1.09. The maximum atomic E-state index is 6.09. The zero-order valence-electron chi connectivity index (χ0n) is 8.53. The van der Waals surface area contributed by atoms with Crippen LogP contribution in [-0.4, -0.2) is 9.78 Å². The number of benzene rings is 1. The van der Waals surface area contributed by atoms with E-state index in [4.69, 9.17) is 28.9 Å². The molecule has 0 radical (unpaired) electrons. The van der Waals surface area contributed by atoms with Crippen LogP contribution >= 0.6 is 23.2 Å². The van der Waals surface area contributed by atoms with Gasteiger partial charge in [-0.1, -0.05) is 35.3 Å². The summed E-state index contributed by atoms with van der Waals surface area (Å²) in [4.78, 5) is 0. The van der Waals surface area contributed by atoms with E-state index < -0.39 is 0 Å². The smallest absolute Gasteiger partial charge is 0.0674 e. The Morgan fingerprint density at radius 2 is 2.12 bits per heavy atom. The number of hydrogen-bond donors (Lipinski definition) is 1. The van der Waals surface area contributed by atoms with Gasteiger partial charge in [0.1, 0.15) is 0 Å². The van der Waals surface area contributed by atoms with E-state index in [0.29, 0.717) is 23.1 Å². The molecule has 2 N–H and O–H groups in total. The van der Waals surface area contributed by atoms with E-state index in [-0.39, 0.29) is 0 Å². The highest BCUT2D eigenvalue weighted by Gasteiger charge is 2.05. The van der Waals surface area contributed by atoms with Gasteiger partial charge in [0.25, 0.3) is 0 Å². The lowest BCUT2D eigenvalue weighted by atomic mass is 10.2. The number of halogens is 2. The van der Waals surface area contributed by atoms with E-state index in [0.717, 1.165) is 11.1 Å². The molecule has 0 saturated heterocycles. The van der Waals surface area contributed by atoms with Gasteiger partial charge in [0.15, 0.2) is 0 Å². The lowest BCUT2D eigenvalue weighted by Gasteiger charge is -2.05. The molecular weight excluding hydrogens is 245 g/mol. The summed E-state index contributed by atoms with van der Waals surface area (Å²) in [7, 11) is 0. The van der Waals surface area contributed by atoms with E-state index in [2.05, 4.69) is 5.10 Å². The lowest BCUT2D eigenvalue weighted by molar-refractivity contribution is 0.686. The summed E-state index contributed by atoms with van der Waals surface area (Å²) in [5.74, 6) is 0. The van der Waals surface area contributed by atoms with E-state index in [9.17, 15) is 0 Å². The third-order valence-corrected chi connectivity index (χ3v) is 3.14. The predicted octanol–water partition coefficient (Wildman–Crippen LogP) is 2.70. The van der Waals surface area contributed by atoms with Crippen molar-refractivity contribution in [2.75, 3.05) is 0 Å². The first-order chi connectivity index (χ1) is 7.70. The van der Waals surface area contributed by atoms with Gasteiger partial charge in [0, 0.05) is 18.3 Å². The summed E-state index contributed by atoms with van der Waals surface area (Å²) >= 11 is 12.0. The minimum atomic E-state index is 0.489. The Morgan fingerprint density at radius 3 is 2.81 bits per heavy atom. The first-order valence-electron chi connectivity index (χ1n) is 4.85. The molecule has 0 aliphatic heterocycles. The molecule has 0 bridgehead atoms. The van der Waals surface area contributed by atoms with Crippen LogP contribution in [0.3, 0.4) is 0 Å². The van der Waals surface area contributed by atoms with Crippen LogP contribution in [0, 0.1) is 0 Å². The Labute approximate surface area is 104 Å². The molecule has 0 aliphatic carbocycles. The third-order valence-electron chi connectivity index (χ3n) is 2.29. The van der Waals surface area contributed by atoms with Crippen LogP contribution in [0.5, 0.6) is 0 Å². The fraction of sp³-hybridized carbons (Fsp3) is 0.182. The summed E-state index contributed by atoms with van der Waals surface area (Å²) < 4.78 is 1.79. The standard InChI is InChI=1S/C11H11Cl2N3/c12-10-3-1-2-9(11(10)13)7-16-6-8(4-14)5-15-16/h1-3,5-6H,4,7,14H2. The molecule has 5 heteroatoms. The molecule has 2 aromatic rings. The van der Waals surface area contributed by atoms with E-state index in [1.54, 1.807) is 16.9 Å². The first kappa shape index (κ1) is 11.5. The average molecular weight is 256 g/mol. The molecule has 1 aromatic carbocycles. The van der Waals surface area contributed by atoms with Crippen LogP contribution in [0.15, 0.2) is 30.6 Å². The number of aromatic nitrogens is 2. The number of nitrogens with zero attached hydrogens (tertiary/aromatic N) is 2. The van der Waals surface area contributed by atoms with Crippen LogP contribution < -0.4 is 5.73 Å². The molecule has 3 nitrogen and oxygen atoms in total. The Morgan fingerprint density at radius 1 is 1.31 bits per heavy atom. The Kier molecular flexibility index (Phi) is 3.49. The molecular formula is C11H11Cl2N3. The number of rotatable bonds is 3. The molecule has 0 atom stereocenters. The van der Waals surface area contributed by atoms with E-state index in [1.807, 2.05) is 18.3 Å². The van der Waals surface area contributed by atoms with Gasteiger partial charge in [0.05, 0.1) is 22.8 Å². The van der Waals surface area contributed by atoms with Crippen LogP contribution in [-0.2, 0) is 13.1 Å². The molecule has 0 saturated carbocycles. The molecule has 0 spiro atoms. The van der Waals surface area contributed by atoms with Crippen molar-refractivity contribution in [2.45, 2.75) is 13.1 Å². The fourth-order valence-corrected chi connectivity index (χ4v) is 1.82. The van der Waals surface area contributed by atoms with Crippen molar-refractivity contribution < 1.29 is 0 Å².